The van der Waals surface area contributed by atoms with Crippen LogP contribution >= 0.6 is 0 Å². The number of piperidine rings is 1. The highest BCUT2D eigenvalue weighted by atomic mass is 16.5. The van der Waals surface area contributed by atoms with Crippen molar-refractivity contribution in [1.82, 2.24) is 10.1 Å². The molecule has 0 spiro atoms. The maximum atomic E-state index is 12.3. The van der Waals surface area contributed by atoms with Gasteiger partial charge in [-0.3, -0.25) is 9.59 Å². The molecule has 1 aliphatic heterocycles. The number of hydrogen-bond acceptors (Lipinski definition) is 4. The van der Waals surface area contributed by atoms with E-state index in [1.54, 1.807) is 11.0 Å². The fourth-order valence-electron chi connectivity index (χ4n) is 3.55. The van der Waals surface area contributed by atoms with Crippen molar-refractivity contribution in [3.05, 3.63) is 42.2 Å². The van der Waals surface area contributed by atoms with Crippen molar-refractivity contribution in [1.29, 1.82) is 0 Å². The number of aliphatic carboxylic acids is 1. The Morgan fingerprint density at radius 1 is 1.31 bits per heavy atom. The lowest BCUT2D eigenvalue weighted by Gasteiger charge is -2.40. The number of nitrogens with zero attached hydrogens (tertiary/aromatic N) is 2. The molecule has 1 atom stereocenters. The SMILES string of the molecule is CC(C)C(=O)N1CCCC(Cc2cc(-c3ccccc3)no2)(C(=O)O)C1. The first-order valence-electron chi connectivity index (χ1n) is 8.94. The van der Waals surface area contributed by atoms with E-state index in [1.807, 2.05) is 44.2 Å². The van der Waals surface area contributed by atoms with E-state index in [9.17, 15) is 14.7 Å². The Bertz CT molecular complexity index is 784. The van der Waals surface area contributed by atoms with Gasteiger partial charge in [0, 0.05) is 37.1 Å². The Morgan fingerprint density at radius 2 is 2.04 bits per heavy atom. The quantitative estimate of drug-likeness (QED) is 0.889. The predicted octanol–water partition coefficient (Wildman–Crippen LogP) is 3.23. The molecule has 6 nitrogen and oxygen atoms in total. The molecule has 1 aliphatic rings. The van der Waals surface area contributed by atoms with Crippen LogP contribution in [0.2, 0.25) is 0 Å². The summed E-state index contributed by atoms with van der Waals surface area (Å²) in [5.41, 5.74) is 0.579. The molecule has 1 amide bonds. The van der Waals surface area contributed by atoms with Crippen LogP contribution in [-0.2, 0) is 16.0 Å². The van der Waals surface area contributed by atoms with Crippen molar-refractivity contribution in [2.75, 3.05) is 13.1 Å². The Balaban J connectivity index is 1.82. The van der Waals surface area contributed by atoms with Gasteiger partial charge in [-0.25, -0.2) is 0 Å². The Morgan fingerprint density at radius 3 is 2.69 bits per heavy atom. The van der Waals surface area contributed by atoms with E-state index < -0.39 is 11.4 Å². The zero-order valence-corrected chi connectivity index (χ0v) is 15.1. The first kappa shape index (κ1) is 18.2. The van der Waals surface area contributed by atoms with Crippen molar-refractivity contribution in [2.24, 2.45) is 11.3 Å². The first-order valence-corrected chi connectivity index (χ1v) is 8.94. The molecule has 138 valence electrons. The summed E-state index contributed by atoms with van der Waals surface area (Å²) in [6, 6.07) is 11.4. The minimum atomic E-state index is -1.03. The summed E-state index contributed by atoms with van der Waals surface area (Å²) in [6.45, 7) is 4.49. The van der Waals surface area contributed by atoms with Gasteiger partial charge in [0.05, 0.1) is 5.41 Å². The molecule has 1 aromatic carbocycles. The lowest BCUT2D eigenvalue weighted by Crippen LogP contribution is -2.51. The molecule has 0 bridgehead atoms. The second kappa shape index (κ2) is 7.32. The van der Waals surface area contributed by atoms with E-state index in [0.717, 1.165) is 5.56 Å². The fraction of sp³-hybridized carbons (Fsp3) is 0.450. The molecule has 2 aromatic rings. The van der Waals surface area contributed by atoms with Crippen LogP contribution in [-0.4, -0.2) is 40.1 Å². The number of benzene rings is 1. The van der Waals surface area contributed by atoms with Crippen molar-refractivity contribution < 1.29 is 19.2 Å². The third kappa shape index (κ3) is 3.64. The Hall–Kier alpha value is -2.63. The second-order valence-corrected chi connectivity index (χ2v) is 7.32. The summed E-state index contributed by atoms with van der Waals surface area (Å²) in [7, 11) is 0. The highest BCUT2D eigenvalue weighted by molar-refractivity contribution is 5.81. The molecule has 0 saturated carbocycles. The summed E-state index contributed by atoms with van der Waals surface area (Å²) in [5, 5.41) is 14.0. The first-order chi connectivity index (χ1) is 12.4. The number of carbonyl (C=O) groups excluding carboxylic acids is 1. The van der Waals surface area contributed by atoms with Gasteiger partial charge in [-0.15, -0.1) is 0 Å². The molecule has 6 heteroatoms. The molecule has 2 heterocycles. The fourth-order valence-corrected chi connectivity index (χ4v) is 3.55. The third-order valence-corrected chi connectivity index (χ3v) is 4.98. The average Bonchev–Trinajstić information content (AvgIpc) is 3.10. The van der Waals surface area contributed by atoms with Crippen LogP contribution in [0, 0.1) is 11.3 Å². The highest BCUT2D eigenvalue weighted by Crippen LogP contribution is 2.35. The minimum absolute atomic E-state index is 0.00197. The van der Waals surface area contributed by atoms with Gasteiger partial charge in [0.2, 0.25) is 5.91 Å². The number of likely N-dealkylation sites (tertiary alicyclic amines) is 1. The molecule has 1 N–H and O–H groups in total. The Kier molecular flexibility index (Phi) is 5.11. The van der Waals surface area contributed by atoms with Crippen LogP contribution in [0.1, 0.15) is 32.4 Å². The molecule has 1 saturated heterocycles. The lowest BCUT2D eigenvalue weighted by atomic mass is 9.76. The summed E-state index contributed by atoms with van der Waals surface area (Å²) in [6.07, 6.45) is 1.42. The van der Waals surface area contributed by atoms with E-state index >= 15 is 0 Å². The molecule has 3 rings (SSSR count). The minimum Gasteiger partial charge on any atom is -0.481 e. The van der Waals surface area contributed by atoms with Crippen LogP contribution < -0.4 is 0 Å². The van der Waals surface area contributed by atoms with Crippen molar-refractivity contribution in [3.63, 3.8) is 0 Å². The van der Waals surface area contributed by atoms with E-state index in [4.69, 9.17) is 4.52 Å². The van der Waals surface area contributed by atoms with Gasteiger partial charge in [-0.1, -0.05) is 49.3 Å². The normalized spacial score (nSPS) is 20.3. The summed E-state index contributed by atoms with van der Waals surface area (Å²) < 4.78 is 5.42. The van der Waals surface area contributed by atoms with Gasteiger partial charge >= 0.3 is 5.97 Å². The summed E-state index contributed by atoms with van der Waals surface area (Å²) in [5.74, 6) is -0.506. The predicted molar refractivity (Wildman–Crippen MR) is 96.4 cm³/mol. The number of carboxylic acids is 1. The van der Waals surface area contributed by atoms with Crippen LogP contribution in [0.15, 0.2) is 40.9 Å². The number of hydrogen-bond donors (Lipinski definition) is 1. The largest absolute Gasteiger partial charge is 0.481 e. The highest BCUT2D eigenvalue weighted by Gasteiger charge is 2.45. The topological polar surface area (TPSA) is 83.6 Å². The molecular weight excluding hydrogens is 332 g/mol. The van der Waals surface area contributed by atoms with E-state index in [-0.39, 0.29) is 24.8 Å². The van der Waals surface area contributed by atoms with Crippen molar-refractivity contribution in [3.8, 4) is 11.3 Å². The van der Waals surface area contributed by atoms with Crippen LogP contribution in [0.3, 0.4) is 0 Å². The van der Waals surface area contributed by atoms with Crippen molar-refractivity contribution >= 4 is 11.9 Å². The zero-order chi connectivity index (χ0) is 18.7. The zero-order valence-electron chi connectivity index (χ0n) is 15.1. The molecule has 26 heavy (non-hydrogen) atoms. The number of amides is 1. The van der Waals surface area contributed by atoms with Gasteiger partial charge in [0.1, 0.15) is 11.5 Å². The number of aromatic nitrogens is 1. The van der Waals surface area contributed by atoms with Gasteiger partial charge in [-0.2, -0.15) is 0 Å². The maximum Gasteiger partial charge on any atom is 0.311 e. The molecule has 1 aromatic heterocycles. The van der Waals surface area contributed by atoms with Crippen LogP contribution in [0.25, 0.3) is 11.3 Å². The number of rotatable bonds is 5. The van der Waals surface area contributed by atoms with Gasteiger partial charge in [-0.05, 0) is 12.8 Å². The summed E-state index contributed by atoms with van der Waals surface area (Å²) in [4.78, 5) is 26.1. The standard InChI is InChI=1S/C20H24N2O4/c1-14(2)18(23)22-10-6-9-20(13-22,19(24)25)12-16-11-17(21-26-16)15-7-4-3-5-8-15/h3-5,7-8,11,14H,6,9-10,12-13H2,1-2H3,(H,24,25). The molecule has 0 aliphatic carbocycles. The number of carboxylic acid groups (broad SMARTS) is 1. The van der Waals surface area contributed by atoms with Crippen LogP contribution in [0.4, 0.5) is 0 Å². The van der Waals surface area contributed by atoms with E-state index in [1.165, 1.54) is 0 Å². The molecular formula is C20H24N2O4. The van der Waals surface area contributed by atoms with Crippen molar-refractivity contribution in [2.45, 2.75) is 33.1 Å². The third-order valence-electron chi connectivity index (χ3n) is 4.98. The van der Waals surface area contributed by atoms with Gasteiger partial charge in [0.25, 0.3) is 0 Å². The van der Waals surface area contributed by atoms with Gasteiger partial charge < -0.3 is 14.5 Å². The van der Waals surface area contributed by atoms with Gasteiger partial charge in [0.15, 0.2) is 0 Å². The average molecular weight is 356 g/mol. The smallest absolute Gasteiger partial charge is 0.311 e. The Labute approximate surface area is 152 Å². The second-order valence-electron chi connectivity index (χ2n) is 7.32. The maximum absolute atomic E-state index is 12.3. The number of carbonyl (C=O) groups is 2. The van der Waals surface area contributed by atoms with Crippen LogP contribution in [0.5, 0.6) is 0 Å². The summed E-state index contributed by atoms with van der Waals surface area (Å²) >= 11 is 0. The molecule has 1 unspecified atom stereocenters. The molecule has 1 fully saturated rings. The van der Waals surface area contributed by atoms with E-state index in [0.29, 0.717) is 30.8 Å². The lowest BCUT2D eigenvalue weighted by molar-refractivity contribution is -0.156. The van der Waals surface area contributed by atoms with E-state index in [2.05, 4.69) is 5.16 Å². The monoisotopic (exact) mass is 356 g/mol. The molecule has 0 radical (unpaired) electrons.